The lowest BCUT2D eigenvalue weighted by Gasteiger charge is -2.35. The summed E-state index contributed by atoms with van der Waals surface area (Å²) in [6, 6.07) is 71.4. The maximum Gasteiger partial charge on any atom is 0.0462 e. The standard InChI is InChI=1S/C89H116N2/c1-11-17-23-25-27-31-65-89(66-32-28-26-24-18-12-2)85-67-74(45-61-83(85)84-62-48-76(68-86(84)89)88(9,10)64-30-20-14-4)73-43-57-81(58-44-73)90(77-49-35-69(36-50-77)33-21-15-5)79-53-39-71(40-54-79)72-41-55-80(56-42-72)91(78-51-37-70(38-52-78)34-22-16-6)82-59-46-75(47-60-82)87(7,8)63-29-19-13-3/h35-62,67-68H,11-34,63-66H2,1-10H3. The highest BCUT2D eigenvalue weighted by Gasteiger charge is 2.43. The third kappa shape index (κ3) is 17.5. The lowest BCUT2D eigenvalue weighted by molar-refractivity contribution is 0.396. The summed E-state index contributed by atoms with van der Waals surface area (Å²) in [6.07, 6.45) is 35.5. The molecule has 9 rings (SSSR count). The molecule has 91 heavy (non-hydrogen) atoms. The maximum atomic E-state index is 2.72. The van der Waals surface area contributed by atoms with E-state index in [2.05, 4.69) is 261 Å². The van der Waals surface area contributed by atoms with Crippen LogP contribution in [0.15, 0.2) is 182 Å². The number of nitrogens with zero attached hydrogens (tertiary/aromatic N) is 2. The van der Waals surface area contributed by atoms with Crippen molar-refractivity contribution in [2.24, 2.45) is 0 Å². The molecule has 8 aromatic carbocycles. The highest BCUT2D eigenvalue weighted by atomic mass is 15.1. The molecule has 8 aromatic rings. The van der Waals surface area contributed by atoms with Crippen molar-refractivity contribution in [3.63, 3.8) is 0 Å². The van der Waals surface area contributed by atoms with Gasteiger partial charge in [-0.25, -0.2) is 0 Å². The van der Waals surface area contributed by atoms with E-state index in [1.54, 1.807) is 11.1 Å². The highest BCUT2D eigenvalue weighted by Crippen LogP contribution is 2.56. The van der Waals surface area contributed by atoms with Gasteiger partial charge < -0.3 is 9.80 Å². The van der Waals surface area contributed by atoms with Gasteiger partial charge in [-0.1, -0.05) is 301 Å². The Morgan fingerprint density at radius 2 is 0.571 bits per heavy atom. The average Bonchev–Trinajstić information content (AvgIpc) is 1.57. The second-order valence-electron chi connectivity index (χ2n) is 28.7. The van der Waals surface area contributed by atoms with Gasteiger partial charge in [0.2, 0.25) is 0 Å². The van der Waals surface area contributed by atoms with E-state index in [9.17, 15) is 0 Å². The Balaban J connectivity index is 1.03. The average molecular weight is 1210 g/mol. The molecule has 1 aliphatic carbocycles. The lowest BCUT2D eigenvalue weighted by Crippen LogP contribution is -2.27. The molecule has 482 valence electrons. The fraction of sp³-hybridized carbons (Fsp3) is 0.461. The second kappa shape index (κ2) is 33.8. The van der Waals surface area contributed by atoms with Gasteiger partial charge in [-0.2, -0.15) is 0 Å². The van der Waals surface area contributed by atoms with Crippen LogP contribution >= 0.6 is 0 Å². The van der Waals surface area contributed by atoms with Crippen LogP contribution in [0.25, 0.3) is 33.4 Å². The molecule has 0 aromatic heterocycles. The van der Waals surface area contributed by atoms with E-state index in [0.717, 1.165) is 29.9 Å². The zero-order valence-corrected chi connectivity index (χ0v) is 58.5. The zero-order valence-electron chi connectivity index (χ0n) is 58.5. The molecule has 2 nitrogen and oxygen atoms in total. The van der Waals surface area contributed by atoms with Crippen LogP contribution in [0.3, 0.4) is 0 Å². The molecule has 0 unspecified atom stereocenters. The van der Waals surface area contributed by atoms with Crippen LogP contribution in [0.1, 0.15) is 270 Å². The minimum atomic E-state index is 0.0123. The summed E-state index contributed by atoms with van der Waals surface area (Å²) in [5.41, 5.74) is 24.2. The van der Waals surface area contributed by atoms with Crippen LogP contribution in [-0.4, -0.2) is 0 Å². The number of aryl methyl sites for hydroxylation is 2. The molecule has 0 spiro atoms. The molecular formula is C89H116N2. The summed E-state index contributed by atoms with van der Waals surface area (Å²) < 4.78 is 0. The molecular weight excluding hydrogens is 1100 g/mol. The molecule has 0 N–H and O–H groups in total. The Bertz CT molecular complexity index is 3400. The molecule has 0 bridgehead atoms. The second-order valence-corrected chi connectivity index (χ2v) is 28.7. The summed E-state index contributed by atoms with van der Waals surface area (Å²) in [7, 11) is 0. The first-order chi connectivity index (χ1) is 44.4. The van der Waals surface area contributed by atoms with Crippen molar-refractivity contribution < 1.29 is 0 Å². The smallest absolute Gasteiger partial charge is 0.0462 e. The van der Waals surface area contributed by atoms with Crippen molar-refractivity contribution in [2.45, 2.75) is 265 Å². The van der Waals surface area contributed by atoms with E-state index >= 15 is 0 Å². The summed E-state index contributed by atoms with van der Waals surface area (Å²) in [5, 5.41) is 0. The highest BCUT2D eigenvalue weighted by molar-refractivity contribution is 5.86. The number of fused-ring (bicyclic) bond motifs is 3. The summed E-state index contributed by atoms with van der Waals surface area (Å²) in [6.45, 7) is 23.7. The van der Waals surface area contributed by atoms with Gasteiger partial charge in [-0.05, 0) is 208 Å². The van der Waals surface area contributed by atoms with Gasteiger partial charge in [0.25, 0.3) is 0 Å². The fourth-order valence-corrected chi connectivity index (χ4v) is 14.8. The Morgan fingerprint density at radius 1 is 0.275 bits per heavy atom. The third-order valence-electron chi connectivity index (χ3n) is 20.8. The van der Waals surface area contributed by atoms with Gasteiger partial charge in [-0.3, -0.25) is 0 Å². The SMILES string of the molecule is CCCCCCCCC1(CCCCCCCC)c2cc(-c3ccc(N(c4ccc(CCCC)cc4)c4ccc(-c5ccc(N(c6ccc(CCCC)cc6)c6ccc(C(C)(C)CCCCC)cc6)cc5)cc4)cc3)ccc2-c2ccc(C(C)(C)CCCCC)cc21. The van der Waals surface area contributed by atoms with Crippen LogP contribution in [0.5, 0.6) is 0 Å². The Hall–Kier alpha value is -6.64. The first-order valence-electron chi connectivity index (χ1n) is 36.9. The molecule has 0 radical (unpaired) electrons. The third-order valence-corrected chi connectivity index (χ3v) is 20.8. The predicted molar refractivity (Wildman–Crippen MR) is 400 cm³/mol. The zero-order chi connectivity index (χ0) is 64.1. The first-order valence-corrected chi connectivity index (χ1v) is 36.9. The normalized spacial score (nSPS) is 12.7. The van der Waals surface area contributed by atoms with Gasteiger partial charge in [0, 0.05) is 39.5 Å². The van der Waals surface area contributed by atoms with Crippen molar-refractivity contribution in [3.05, 3.63) is 215 Å². The van der Waals surface area contributed by atoms with E-state index in [4.69, 9.17) is 0 Å². The van der Waals surface area contributed by atoms with E-state index in [1.165, 1.54) is 240 Å². The molecule has 0 heterocycles. The van der Waals surface area contributed by atoms with Crippen LogP contribution in [0.4, 0.5) is 34.1 Å². The van der Waals surface area contributed by atoms with E-state index < -0.39 is 0 Å². The first kappa shape index (κ1) is 68.7. The van der Waals surface area contributed by atoms with Gasteiger partial charge in [0.05, 0.1) is 0 Å². The lowest BCUT2D eigenvalue weighted by atomic mass is 9.69. The number of anilines is 6. The molecule has 0 atom stereocenters. The number of hydrogen-bond acceptors (Lipinski definition) is 2. The van der Waals surface area contributed by atoms with Crippen LogP contribution in [0.2, 0.25) is 0 Å². The van der Waals surface area contributed by atoms with Crippen molar-refractivity contribution in [1.82, 2.24) is 0 Å². The predicted octanol–water partition coefficient (Wildman–Crippen LogP) is 28.1. The minimum Gasteiger partial charge on any atom is -0.311 e. The molecule has 0 saturated heterocycles. The number of rotatable bonds is 38. The van der Waals surface area contributed by atoms with Crippen LogP contribution in [-0.2, 0) is 29.1 Å². The summed E-state index contributed by atoms with van der Waals surface area (Å²) >= 11 is 0. The number of benzene rings is 8. The number of hydrogen-bond donors (Lipinski definition) is 0. The monoisotopic (exact) mass is 1210 g/mol. The fourth-order valence-electron chi connectivity index (χ4n) is 14.8. The number of unbranched alkanes of at least 4 members (excludes halogenated alkanes) is 16. The Kier molecular flexibility index (Phi) is 25.5. The Labute approximate surface area is 554 Å². The Morgan fingerprint density at radius 3 is 0.978 bits per heavy atom. The van der Waals surface area contributed by atoms with Crippen molar-refractivity contribution in [2.75, 3.05) is 9.80 Å². The van der Waals surface area contributed by atoms with Gasteiger partial charge >= 0.3 is 0 Å². The topological polar surface area (TPSA) is 6.48 Å². The molecule has 0 aliphatic heterocycles. The van der Waals surface area contributed by atoms with Gasteiger partial charge in [0.15, 0.2) is 0 Å². The van der Waals surface area contributed by atoms with Crippen molar-refractivity contribution >= 4 is 34.1 Å². The van der Waals surface area contributed by atoms with Crippen LogP contribution < -0.4 is 9.80 Å². The summed E-state index contributed by atoms with van der Waals surface area (Å²) in [5.74, 6) is 0. The van der Waals surface area contributed by atoms with E-state index in [0.29, 0.717) is 0 Å². The quantitative estimate of drug-likeness (QED) is 0.0356. The molecule has 0 fully saturated rings. The van der Waals surface area contributed by atoms with Crippen molar-refractivity contribution in [3.8, 4) is 33.4 Å². The molecule has 2 heteroatoms. The molecule has 0 amide bonds. The van der Waals surface area contributed by atoms with Crippen LogP contribution in [0, 0.1) is 0 Å². The van der Waals surface area contributed by atoms with Gasteiger partial charge in [0.1, 0.15) is 0 Å². The molecule has 1 aliphatic rings. The maximum absolute atomic E-state index is 2.72. The minimum absolute atomic E-state index is 0.0123. The van der Waals surface area contributed by atoms with Gasteiger partial charge in [-0.15, -0.1) is 0 Å². The largest absolute Gasteiger partial charge is 0.311 e. The van der Waals surface area contributed by atoms with E-state index in [-0.39, 0.29) is 16.2 Å². The summed E-state index contributed by atoms with van der Waals surface area (Å²) in [4.78, 5) is 4.88. The van der Waals surface area contributed by atoms with Crippen molar-refractivity contribution in [1.29, 1.82) is 0 Å². The van der Waals surface area contributed by atoms with E-state index in [1.807, 2.05) is 0 Å². The molecule has 0 saturated carbocycles.